The third kappa shape index (κ3) is 4.20. The summed E-state index contributed by atoms with van der Waals surface area (Å²) in [5.74, 6) is 0.737. The van der Waals surface area contributed by atoms with Crippen molar-refractivity contribution in [3.8, 4) is 12.1 Å². The predicted octanol–water partition coefficient (Wildman–Crippen LogP) is 4.43. The van der Waals surface area contributed by atoms with Gasteiger partial charge in [-0.2, -0.15) is 10.5 Å². The molecule has 2 aromatic carbocycles. The Morgan fingerprint density at radius 2 is 1.71 bits per heavy atom. The van der Waals surface area contributed by atoms with Crippen molar-refractivity contribution in [1.29, 1.82) is 10.5 Å². The number of aryl methyl sites for hydroxylation is 1. The number of hydrogen-bond donors (Lipinski definition) is 0. The molecule has 4 heteroatoms. The molecule has 0 bridgehead atoms. The molecule has 0 spiro atoms. The van der Waals surface area contributed by atoms with E-state index in [2.05, 4.69) is 0 Å². The number of halogens is 1. The van der Waals surface area contributed by atoms with Crippen LogP contribution in [0.2, 0.25) is 5.02 Å². The van der Waals surface area contributed by atoms with Crippen LogP contribution in [0.5, 0.6) is 0 Å². The van der Waals surface area contributed by atoms with Crippen molar-refractivity contribution in [2.24, 2.45) is 0 Å². The lowest BCUT2D eigenvalue weighted by molar-refractivity contribution is 1.15. The van der Waals surface area contributed by atoms with Gasteiger partial charge >= 0.3 is 0 Å². The summed E-state index contributed by atoms with van der Waals surface area (Å²) in [4.78, 5) is 1.31. The lowest BCUT2D eigenvalue weighted by Crippen LogP contribution is -1.98. The molecule has 0 aromatic heterocycles. The largest absolute Gasteiger partial charge is 0.191 e. The first-order valence-corrected chi connectivity index (χ1v) is 8.19. The normalized spacial score (nSPS) is 11.2. The van der Waals surface area contributed by atoms with Crippen molar-refractivity contribution in [2.45, 2.75) is 11.3 Å². The smallest absolute Gasteiger partial charge is 0.157 e. The summed E-state index contributed by atoms with van der Waals surface area (Å²) < 4.78 is 0. The molecule has 0 aliphatic heterocycles. The fourth-order valence-corrected chi connectivity index (χ4v) is 4.00. The molecular formula is C17H13ClN2S. The number of hydrogen-bond acceptors (Lipinski definition) is 2. The zero-order valence-corrected chi connectivity index (χ0v) is 12.9. The predicted molar refractivity (Wildman–Crippen MR) is 88.6 cm³/mol. The number of nitrogens with zero attached hydrogens (tertiary/aromatic N) is 2. The third-order valence-electron chi connectivity index (χ3n) is 2.96. The lowest BCUT2D eigenvalue weighted by Gasteiger charge is -2.10. The monoisotopic (exact) mass is 312 g/mol. The zero-order valence-electron chi connectivity index (χ0n) is 11.3. The van der Waals surface area contributed by atoms with E-state index in [4.69, 9.17) is 11.6 Å². The first-order chi connectivity index (χ1) is 10.2. The standard InChI is InChI=1S/C17H13ClN2S/c18-15-6-4-5-14(11-15)9-10-21(17(12-19)13-20)16-7-2-1-3-8-16/h1-8,11H,9-10H2. The van der Waals surface area contributed by atoms with Crippen LogP contribution in [0.25, 0.3) is 0 Å². The van der Waals surface area contributed by atoms with E-state index >= 15 is 0 Å². The van der Waals surface area contributed by atoms with E-state index in [9.17, 15) is 10.5 Å². The molecule has 104 valence electrons. The summed E-state index contributed by atoms with van der Waals surface area (Å²) in [5, 5.41) is 19.1. The van der Waals surface area contributed by atoms with Crippen LogP contribution in [0.4, 0.5) is 0 Å². The van der Waals surface area contributed by atoms with Crippen molar-refractivity contribution < 1.29 is 0 Å². The molecule has 1 atom stereocenters. The van der Waals surface area contributed by atoms with E-state index in [-0.39, 0.29) is 4.86 Å². The molecular weight excluding hydrogens is 300 g/mol. The van der Waals surface area contributed by atoms with Crippen LogP contribution in [0.1, 0.15) is 5.56 Å². The molecule has 0 heterocycles. The van der Waals surface area contributed by atoms with Gasteiger partial charge in [0, 0.05) is 9.92 Å². The Balaban J connectivity index is 2.29. The Bertz CT molecular complexity index is 723. The molecule has 0 saturated heterocycles. The second-order valence-corrected chi connectivity index (χ2v) is 6.85. The van der Waals surface area contributed by atoms with Crippen LogP contribution < -0.4 is 0 Å². The van der Waals surface area contributed by atoms with Crippen LogP contribution in [0.3, 0.4) is 0 Å². The average molecular weight is 313 g/mol. The van der Waals surface area contributed by atoms with Crippen molar-refractivity contribution in [1.82, 2.24) is 0 Å². The fourth-order valence-electron chi connectivity index (χ4n) is 1.97. The highest BCUT2D eigenvalue weighted by atomic mass is 35.5. The van der Waals surface area contributed by atoms with Crippen molar-refractivity contribution >= 4 is 26.9 Å². The van der Waals surface area contributed by atoms with Gasteiger partial charge in [-0.1, -0.05) is 41.9 Å². The van der Waals surface area contributed by atoms with Crippen molar-refractivity contribution in [2.75, 3.05) is 5.75 Å². The van der Waals surface area contributed by atoms with Crippen LogP contribution >= 0.6 is 22.1 Å². The summed E-state index contributed by atoms with van der Waals surface area (Å²) >= 11 is 5.99. The van der Waals surface area contributed by atoms with Gasteiger partial charge in [-0.15, -0.1) is 10.5 Å². The average Bonchev–Trinajstić information content (AvgIpc) is 2.52. The van der Waals surface area contributed by atoms with Gasteiger partial charge < -0.3 is 0 Å². The van der Waals surface area contributed by atoms with Crippen LogP contribution in [-0.2, 0) is 6.42 Å². The Morgan fingerprint density at radius 3 is 2.33 bits per heavy atom. The molecule has 2 aromatic rings. The van der Waals surface area contributed by atoms with E-state index in [0.29, 0.717) is 5.02 Å². The highest BCUT2D eigenvalue weighted by Gasteiger charge is 2.08. The van der Waals surface area contributed by atoms with Gasteiger partial charge in [-0.3, -0.25) is 0 Å². The Hall–Kier alpha value is -2.07. The fraction of sp³-hybridized carbons (Fsp3) is 0.118. The lowest BCUT2D eigenvalue weighted by atomic mass is 10.2. The highest BCUT2D eigenvalue weighted by Crippen LogP contribution is 2.29. The molecule has 0 fully saturated rings. The summed E-state index contributed by atoms with van der Waals surface area (Å²) in [7, 11) is -0.481. The topological polar surface area (TPSA) is 47.6 Å². The minimum atomic E-state index is -0.481. The summed E-state index contributed by atoms with van der Waals surface area (Å²) in [6, 6.07) is 21.5. The number of benzene rings is 2. The zero-order chi connectivity index (χ0) is 15.1. The molecule has 0 N–H and O–H groups in total. The molecule has 0 saturated carbocycles. The molecule has 0 aliphatic carbocycles. The van der Waals surface area contributed by atoms with Crippen molar-refractivity contribution in [3.63, 3.8) is 0 Å². The second-order valence-electron chi connectivity index (χ2n) is 4.34. The maximum Gasteiger partial charge on any atom is 0.157 e. The van der Waals surface area contributed by atoms with E-state index in [1.54, 1.807) is 0 Å². The first kappa shape index (κ1) is 15.3. The Labute approximate surface area is 132 Å². The minimum Gasteiger partial charge on any atom is -0.191 e. The van der Waals surface area contributed by atoms with Crippen LogP contribution in [0, 0.1) is 22.7 Å². The Kier molecular flexibility index (Phi) is 5.58. The van der Waals surface area contributed by atoms with E-state index in [0.717, 1.165) is 22.6 Å². The third-order valence-corrected chi connectivity index (χ3v) is 5.33. The highest BCUT2D eigenvalue weighted by molar-refractivity contribution is 8.16. The summed E-state index contributed by atoms with van der Waals surface area (Å²) in [6.45, 7) is 0. The van der Waals surface area contributed by atoms with Crippen molar-refractivity contribution in [3.05, 3.63) is 65.2 Å². The van der Waals surface area contributed by atoms with Gasteiger partial charge in [0.2, 0.25) is 0 Å². The number of rotatable bonds is 4. The Morgan fingerprint density at radius 1 is 1.00 bits per heavy atom. The van der Waals surface area contributed by atoms with E-state index in [1.165, 1.54) is 0 Å². The second kappa shape index (κ2) is 7.64. The SMILES string of the molecule is N#CC(C#N)=S(CCc1cccc(Cl)c1)c1ccccc1. The quantitative estimate of drug-likeness (QED) is 0.784. The van der Waals surface area contributed by atoms with E-state index < -0.39 is 10.5 Å². The van der Waals surface area contributed by atoms with E-state index in [1.807, 2.05) is 66.7 Å². The van der Waals surface area contributed by atoms with Crippen LogP contribution in [0.15, 0.2) is 59.5 Å². The molecule has 2 nitrogen and oxygen atoms in total. The minimum absolute atomic E-state index is 0.281. The maximum absolute atomic E-state index is 9.18. The molecule has 0 amide bonds. The molecule has 1 unspecified atom stereocenters. The number of nitriles is 2. The molecule has 21 heavy (non-hydrogen) atoms. The summed E-state index contributed by atoms with van der Waals surface area (Å²) in [6.07, 6.45) is 0.783. The van der Waals surface area contributed by atoms with Gasteiger partial charge in [-0.05, 0) is 42.0 Å². The van der Waals surface area contributed by atoms with Gasteiger partial charge in [-0.25, -0.2) is 0 Å². The first-order valence-electron chi connectivity index (χ1n) is 6.42. The molecule has 2 rings (SSSR count). The van der Waals surface area contributed by atoms with Gasteiger partial charge in [0.05, 0.1) is 0 Å². The summed E-state index contributed by atoms with van der Waals surface area (Å²) in [5.41, 5.74) is 1.12. The van der Waals surface area contributed by atoms with Crippen LogP contribution in [-0.4, -0.2) is 10.6 Å². The maximum atomic E-state index is 9.18. The van der Waals surface area contributed by atoms with Gasteiger partial charge in [0.15, 0.2) is 4.86 Å². The molecule has 0 aliphatic rings. The molecule has 0 radical (unpaired) electrons. The van der Waals surface area contributed by atoms with Gasteiger partial charge in [0.25, 0.3) is 0 Å². The van der Waals surface area contributed by atoms with Gasteiger partial charge in [0.1, 0.15) is 12.1 Å².